The summed E-state index contributed by atoms with van der Waals surface area (Å²) in [4.78, 5) is 5.00. The molecule has 1 saturated heterocycles. The lowest BCUT2D eigenvalue weighted by molar-refractivity contribution is 0.132. The first-order chi connectivity index (χ1) is 9.26. The summed E-state index contributed by atoms with van der Waals surface area (Å²) in [6.07, 6.45) is 0. The molecule has 4 heteroatoms. The van der Waals surface area contributed by atoms with Gasteiger partial charge in [0.05, 0.1) is 7.11 Å². The molecular formula is C15H25N3O. The molecule has 19 heavy (non-hydrogen) atoms. The highest BCUT2D eigenvalue weighted by Crippen LogP contribution is 2.21. The summed E-state index contributed by atoms with van der Waals surface area (Å²) in [6, 6.07) is 6.36. The topological polar surface area (TPSA) is 41.7 Å². The van der Waals surface area contributed by atoms with E-state index in [1.165, 1.54) is 18.7 Å². The van der Waals surface area contributed by atoms with Crippen LogP contribution in [-0.4, -0.2) is 49.6 Å². The number of nitrogens with zero attached hydrogens (tertiary/aromatic N) is 2. The number of likely N-dealkylation sites (N-methyl/N-ethyl adjacent to an activating group) is 1. The summed E-state index contributed by atoms with van der Waals surface area (Å²) in [5.41, 5.74) is 8.07. The van der Waals surface area contributed by atoms with Crippen molar-refractivity contribution in [1.82, 2.24) is 9.80 Å². The Labute approximate surface area is 116 Å². The third kappa shape index (κ3) is 3.69. The van der Waals surface area contributed by atoms with Gasteiger partial charge in [0, 0.05) is 44.8 Å². The molecule has 0 aliphatic carbocycles. The normalized spacial score (nSPS) is 17.6. The molecule has 0 amide bonds. The highest BCUT2D eigenvalue weighted by atomic mass is 16.5. The first kappa shape index (κ1) is 14.3. The SMILES string of the molecule is CCN1CCN(Cc2ccc(CN)c(OC)c2)CC1. The van der Waals surface area contributed by atoms with Gasteiger partial charge < -0.3 is 15.4 Å². The maximum absolute atomic E-state index is 5.70. The third-order valence-electron chi connectivity index (χ3n) is 3.89. The molecule has 0 radical (unpaired) electrons. The highest BCUT2D eigenvalue weighted by molar-refractivity contribution is 5.37. The van der Waals surface area contributed by atoms with Crippen molar-refractivity contribution in [2.75, 3.05) is 39.8 Å². The van der Waals surface area contributed by atoms with Gasteiger partial charge in [0.25, 0.3) is 0 Å². The van der Waals surface area contributed by atoms with Gasteiger partial charge in [-0.25, -0.2) is 0 Å². The second-order valence-electron chi connectivity index (χ2n) is 5.06. The van der Waals surface area contributed by atoms with E-state index in [0.29, 0.717) is 6.54 Å². The zero-order chi connectivity index (χ0) is 13.7. The minimum atomic E-state index is 0.526. The molecule has 0 unspecified atom stereocenters. The van der Waals surface area contributed by atoms with E-state index in [1.807, 2.05) is 0 Å². The van der Waals surface area contributed by atoms with E-state index in [4.69, 9.17) is 10.5 Å². The molecule has 0 spiro atoms. The van der Waals surface area contributed by atoms with Crippen molar-refractivity contribution in [3.8, 4) is 5.75 Å². The first-order valence-corrected chi connectivity index (χ1v) is 7.07. The second kappa shape index (κ2) is 6.89. The van der Waals surface area contributed by atoms with Crippen LogP contribution in [0.15, 0.2) is 18.2 Å². The van der Waals surface area contributed by atoms with Gasteiger partial charge in [-0.15, -0.1) is 0 Å². The number of hydrogen-bond donors (Lipinski definition) is 1. The van der Waals surface area contributed by atoms with E-state index in [9.17, 15) is 0 Å². The smallest absolute Gasteiger partial charge is 0.123 e. The monoisotopic (exact) mass is 263 g/mol. The highest BCUT2D eigenvalue weighted by Gasteiger charge is 2.15. The lowest BCUT2D eigenvalue weighted by atomic mass is 10.1. The fraction of sp³-hybridized carbons (Fsp3) is 0.600. The summed E-state index contributed by atoms with van der Waals surface area (Å²) >= 11 is 0. The van der Waals surface area contributed by atoms with E-state index in [0.717, 1.165) is 37.5 Å². The molecule has 0 bridgehead atoms. The Hall–Kier alpha value is -1.10. The van der Waals surface area contributed by atoms with Crippen molar-refractivity contribution in [3.05, 3.63) is 29.3 Å². The maximum Gasteiger partial charge on any atom is 0.123 e. The second-order valence-corrected chi connectivity index (χ2v) is 5.06. The lowest BCUT2D eigenvalue weighted by Crippen LogP contribution is -2.45. The number of hydrogen-bond acceptors (Lipinski definition) is 4. The number of methoxy groups -OCH3 is 1. The summed E-state index contributed by atoms with van der Waals surface area (Å²) in [6.45, 7) is 9.56. The Balaban J connectivity index is 1.96. The van der Waals surface area contributed by atoms with Gasteiger partial charge >= 0.3 is 0 Å². The molecule has 1 aromatic rings. The predicted octanol–water partition coefficient (Wildman–Crippen LogP) is 1.29. The van der Waals surface area contributed by atoms with Crippen LogP contribution in [-0.2, 0) is 13.1 Å². The number of ether oxygens (including phenoxy) is 1. The van der Waals surface area contributed by atoms with Crippen LogP contribution in [0.25, 0.3) is 0 Å². The largest absolute Gasteiger partial charge is 0.496 e. The Morgan fingerprint density at radius 2 is 1.84 bits per heavy atom. The van der Waals surface area contributed by atoms with Gasteiger partial charge in [-0.3, -0.25) is 4.90 Å². The Bertz CT molecular complexity index is 400. The van der Waals surface area contributed by atoms with Gasteiger partial charge in [-0.2, -0.15) is 0 Å². The van der Waals surface area contributed by atoms with E-state index in [2.05, 4.69) is 34.9 Å². The van der Waals surface area contributed by atoms with Crippen LogP contribution < -0.4 is 10.5 Å². The van der Waals surface area contributed by atoms with E-state index >= 15 is 0 Å². The van der Waals surface area contributed by atoms with Crippen LogP contribution in [0, 0.1) is 0 Å². The third-order valence-corrected chi connectivity index (χ3v) is 3.89. The van der Waals surface area contributed by atoms with Crippen molar-refractivity contribution in [3.63, 3.8) is 0 Å². The fourth-order valence-electron chi connectivity index (χ4n) is 2.58. The van der Waals surface area contributed by atoms with Crippen molar-refractivity contribution >= 4 is 0 Å². The molecule has 1 fully saturated rings. The Kier molecular flexibility index (Phi) is 5.19. The van der Waals surface area contributed by atoms with Crippen molar-refractivity contribution in [2.24, 2.45) is 5.73 Å². The number of piperazine rings is 1. The summed E-state index contributed by atoms with van der Waals surface area (Å²) in [7, 11) is 1.71. The van der Waals surface area contributed by atoms with Crippen LogP contribution in [0.1, 0.15) is 18.1 Å². The standard InChI is InChI=1S/C15H25N3O/c1-3-17-6-8-18(9-7-17)12-13-4-5-14(11-16)15(10-13)19-2/h4-5,10H,3,6-9,11-12,16H2,1-2H3. The van der Waals surface area contributed by atoms with Crippen LogP contribution in [0.5, 0.6) is 5.75 Å². The van der Waals surface area contributed by atoms with E-state index in [1.54, 1.807) is 7.11 Å². The molecule has 0 aromatic heterocycles. The summed E-state index contributed by atoms with van der Waals surface area (Å²) in [5, 5.41) is 0. The van der Waals surface area contributed by atoms with Gasteiger partial charge in [0.2, 0.25) is 0 Å². The molecule has 1 heterocycles. The molecule has 106 valence electrons. The summed E-state index contributed by atoms with van der Waals surface area (Å²) < 4.78 is 5.39. The van der Waals surface area contributed by atoms with Gasteiger partial charge in [0.1, 0.15) is 5.75 Å². The summed E-state index contributed by atoms with van der Waals surface area (Å²) in [5.74, 6) is 0.909. The van der Waals surface area contributed by atoms with E-state index < -0.39 is 0 Å². The molecule has 1 aliphatic heterocycles. The van der Waals surface area contributed by atoms with Crippen LogP contribution in [0.3, 0.4) is 0 Å². The molecular weight excluding hydrogens is 238 g/mol. The minimum absolute atomic E-state index is 0.526. The Morgan fingerprint density at radius 3 is 2.42 bits per heavy atom. The lowest BCUT2D eigenvalue weighted by Gasteiger charge is -2.34. The van der Waals surface area contributed by atoms with Crippen LogP contribution >= 0.6 is 0 Å². The zero-order valence-corrected chi connectivity index (χ0v) is 12.1. The Morgan fingerprint density at radius 1 is 1.16 bits per heavy atom. The van der Waals surface area contributed by atoms with Gasteiger partial charge in [0.15, 0.2) is 0 Å². The predicted molar refractivity (Wildman–Crippen MR) is 78.3 cm³/mol. The van der Waals surface area contributed by atoms with Crippen LogP contribution in [0.4, 0.5) is 0 Å². The molecule has 0 atom stereocenters. The molecule has 0 saturated carbocycles. The number of nitrogens with two attached hydrogens (primary N) is 1. The average Bonchev–Trinajstić information content (AvgIpc) is 2.48. The minimum Gasteiger partial charge on any atom is -0.496 e. The zero-order valence-electron chi connectivity index (χ0n) is 12.1. The average molecular weight is 263 g/mol. The first-order valence-electron chi connectivity index (χ1n) is 7.07. The van der Waals surface area contributed by atoms with E-state index in [-0.39, 0.29) is 0 Å². The van der Waals surface area contributed by atoms with Crippen LogP contribution in [0.2, 0.25) is 0 Å². The van der Waals surface area contributed by atoms with Gasteiger partial charge in [-0.1, -0.05) is 19.1 Å². The number of benzene rings is 1. The van der Waals surface area contributed by atoms with Crippen molar-refractivity contribution in [2.45, 2.75) is 20.0 Å². The molecule has 4 nitrogen and oxygen atoms in total. The molecule has 1 aromatic carbocycles. The molecule has 1 aliphatic rings. The fourth-order valence-corrected chi connectivity index (χ4v) is 2.58. The molecule has 2 rings (SSSR count). The van der Waals surface area contributed by atoms with Gasteiger partial charge in [-0.05, 0) is 18.2 Å². The maximum atomic E-state index is 5.70. The molecule has 2 N–H and O–H groups in total. The quantitative estimate of drug-likeness (QED) is 0.869. The van der Waals surface area contributed by atoms with Crippen molar-refractivity contribution in [1.29, 1.82) is 0 Å². The van der Waals surface area contributed by atoms with Crippen molar-refractivity contribution < 1.29 is 4.74 Å². The number of rotatable bonds is 5.